The fourth-order valence-electron chi connectivity index (χ4n) is 2.31. The molecule has 0 atom stereocenters. The Morgan fingerprint density at radius 1 is 1.00 bits per heavy atom. The number of hydrogen-bond donors (Lipinski definition) is 0. The van der Waals surface area contributed by atoms with E-state index >= 15 is 0 Å². The van der Waals surface area contributed by atoms with Crippen molar-refractivity contribution in [2.45, 2.75) is 26.9 Å². The molecule has 2 heteroatoms. The third-order valence-corrected chi connectivity index (χ3v) is 3.25. The molecule has 0 saturated heterocycles. The van der Waals surface area contributed by atoms with Gasteiger partial charge in [-0.05, 0) is 56.7 Å². The Labute approximate surface area is 119 Å². The van der Waals surface area contributed by atoms with Crippen molar-refractivity contribution in [1.29, 1.82) is 0 Å². The summed E-state index contributed by atoms with van der Waals surface area (Å²) < 4.78 is 11.7. The monoisotopic (exact) mass is 266 g/mol. The largest absolute Gasteiger partial charge is 0.491 e. The Hall–Kier alpha value is -2.22. The molecule has 0 radical (unpaired) electrons. The van der Waals surface area contributed by atoms with Crippen LogP contribution in [0.4, 0.5) is 0 Å². The van der Waals surface area contributed by atoms with Gasteiger partial charge in [0, 0.05) is 10.9 Å². The molecule has 0 aliphatic heterocycles. The van der Waals surface area contributed by atoms with Crippen molar-refractivity contribution in [3.8, 4) is 17.1 Å². The first-order chi connectivity index (χ1) is 9.63. The maximum atomic E-state index is 5.89. The number of para-hydroxylation sites is 1. The van der Waals surface area contributed by atoms with E-state index in [9.17, 15) is 0 Å². The number of rotatable bonds is 3. The maximum absolute atomic E-state index is 5.89. The van der Waals surface area contributed by atoms with Crippen molar-refractivity contribution in [2.24, 2.45) is 0 Å². The van der Waals surface area contributed by atoms with E-state index in [1.54, 1.807) is 0 Å². The van der Waals surface area contributed by atoms with E-state index in [-0.39, 0.29) is 6.10 Å². The molecular weight excluding hydrogens is 248 g/mol. The van der Waals surface area contributed by atoms with Crippen molar-refractivity contribution in [3.63, 3.8) is 0 Å². The Bertz CT molecular complexity index is 705. The van der Waals surface area contributed by atoms with Crippen molar-refractivity contribution in [1.82, 2.24) is 0 Å². The van der Waals surface area contributed by atoms with Crippen LogP contribution in [0, 0.1) is 6.92 Å². The lowest BCUT2D eigenvalue weighted by molar-refractivity contribution is 0.241. The quantitative estimate of drug-likeness (QED) is 0.650. The Morgan fingerprint density at radius 2 is 1.80 bits per heavy atom. The van der Waals surface area contributed by atoms with E-state index in [1.165, 1.54) is 0 Å². The van der Waals surface area contributed by atoms with E-state index in [1.807, 2.05) is 44.2 Å². The van der Waals surface area contributed by atoms with Crippen molar-refractivity contribution in [3.05, 3.63) is 54.1 Å². The van der Waals surface area contributed by atoms with Crippen LogP contribution in [0.2, 0.25) is 0 Å². The molecular formula is C18H18O2. The third kappa shape index (κ3) is 2.42. The van der Waals surface area contributed by atoms with Gasteiger partial charge in [-0.25, -0.2) is 0 Å². The van der Waals surface area contributed by atoms with Crippen LogP contribution < -0.4 is 4.74 Å². The first-order valence-electron chi connectivity index (χ1n) is 6.90. The number of aryl methyl sites for hydroxylation is 1. The highest BCUT2D eigenvalue weighted by Crippen LogP contribution is 2.31. The van der Waals surface area contributed by atoms with Crippen LogP contribution in [0.3, 0.4) is 0 Å². The minimum Gasteiger partial charge on any atom is -0.491 e. The van der Waals surface area contributed by atoms with Crippen LogP contribution in [-0.4, -0.2) is 6.10 Å². The van der Waals surface area contributed by atoms with Crippen molar-refractivity contribution < 1.29 is 9.15 Å². The van der Waals surface area contributed by atoms with E-state index in [2.05, 4.69) is 25.1 Å². The minimum absolute atomic E-state index is 0.186. The molecule has 0 fully saturated rings. The van der Waals surface area contributed by atoms with Gasteiger partial charge in [0.25, 0.3) is 0 Å². The zero-order valence-electron chi connectivity index (χ0n) is 12.0. The molecule has 102 valence electrons. The summed E-state index contributed by atoms with van der Waals surface area (Å²) in [7, 11) is 0. The number of ether oxygens (including phenoxy) is 1. The molecule has 0 spiro atoms. The Balaban J connectivity index is 1.99. The number of benzene rings is 2. The van der Waals surface area contributed by atoms with Gasteiger partial charge in [-0.1, -0.05) is 18.2 Å². The SMILES string of the molecule is Cc1cc(-c2cc3ccccc3o2)ccc1OC(C)C. The maximum Gasteiger partial charge on any atom is 0.135 e. The van der Waals surface area contributed by atoms with E-state index in [0.29, 0.717) is 0 Å². The number of hydrogen-bond acceptors (Lipinski definition) is 2. The third-order valence-electron chi connectivity index (χ3n) is 3.25. The van der Waals surface area contributed by atoms with Gasteiger partial charge in [0.05, 0.1) is 6.10 Å². The first-order valence-corrected chi connectivity index (χ1v) is 6.90. The predicted molar refractivity (Wildman–Crippen MR) is 82.2 cm³/mol. The molecule has 3 aromatic rings. The van der Waals surface area contributed by atoms with Gasteiger partial charge < -0.3 is 9.15 Å². The highest BCUT2D eigenvalue weighted by atomic mass is 16.5. The van der Waals surface area contributed by atoms with Crippen LogP contribution in [0.1, 0.15) is 19.4 Å². The zero-order chi connectivity index (χ0) is 14.1. The summed E-state index contributed by atoms with van der Waals surface area (Å²) in [6, 6.07) is 16.3. The molecule has 20 heavy (non-hydrogen) atoms. The molecule has 0 bridgehead atoms. The molecule has 0 aliphatic carbocycles. The average Bonchev–Trinajstić information content (AvgIpc) is 2.84. The summed E-state index contributed by atoms with van der Waals surface area (Å²) in [6.07, 6.45) is 0.186. The van der Waals surface area contributed by atoms with Crippen molar-refractivity contribution >= 4 is 11.0 Å². The minimum atomic E-state index is 0.186. The lowest BCUT2D eigenvalue weighted by Gasteiger charge is -2.12. The summed E-state index contributed by atoms with van der Waals surface area (Å²) in [5.74, 6) is 1.82. The second kappa shape index (κ2) is 5.04. The normalized spacial score (nSPS) is 11.2. The summed E-state index contributed by atoms with van der Waals surface area (Å²) >= 11 is 0. The first kappa shape index (κ1) is 12.8. The van der Waals surface area contributed by atoms with Gasteiger partial charge in [0.2, 0.25) is 0 Å². The summed E-state index contributed by atoms with van der Waals surface area (Å²) in [6.45, 7) is 6.13. The molecule has 0 N–H and O–H groups in total. The Kier molecular flexibility index (Phi) is 3.23. The molecule has 0 saturated carbocycles. The van der Waals surface area contributed by atoms with Crippen molar-refractivity contribution in [2.75, 3.05) is 0 Å². The van der Waals surface area contributed by atoms with Crippen LogP contribution >= 0.6 is 0 Å². The zero-order valence-corrected chi connectivity index (χ0v) is 12.0. The van der Waals surface area contributed by atoms with Gasteiger partial charge >= 0.3 is 0 Å². The van der Waals surface area contributed by atoms with Crippen LogP contribution in [0.25, 0.3) is 22.3 Å². The molecule has 0 amide bonds. The standard InChI is InChI=1S/C18H18O2/c1-12(2)19-16-9-8-15(10-13(16)3)18-11-14-6-4-5-7-17(14)20-18/h4-12H,1-3H3. The summed E-state index contributed by atoms with van der Waals surface area (Å²) in [5, 5.41) is 1.13. The lowest BCUT2D eigenvalue weighted by Crippen LogP contribution is -2.06. The van der Waals surface area contributed by atoms with E-state index in [4.69, 9.17) is 9.15 Å². The van der Waals surface area contributed by atoms with Gasteiger partial charge in [0.15, 0.2) is 0 Å². The molecule has 3 rings (SSSR count). The predicted octanol–water partition coefficient (Wildman–Crippen LogP) is 5.20. The van der Waals surface area contributed by atoms with E-state index < -0.39 is 0 Å². The van der Waals surface area contributed by atoms with E-state index in [0.717, 1.165) is 33.6 Å². The Morgan fingerprint density at radius 3 is 2.50 bits per heavy atom. The second-order valence-corrected chi connectivity index (χ2v) is 5.30. The van der Waals surface area contributed by atoms with Crippen LogP contribution in [-0.2, 0) is 0 Å². The molecule has 0 aliphatic rings. The molecule has 1 heterocycles. The van der Waals surface area contributed by atoms with Gasteiger partial charge in [-0.15, -0.1) is 0 Å². The fraction of sp³-hybridized carbons (Fsp3) is 0.222. The topological polar surface area (TPSA) is 22.4 Å². The van der Waals surface area contributed by atoms with Gasteiger partial charge in [-0.3, -0.25) is 0 Å². The van der Waals surface area contributed by atoms with Gasteiger partial charge in [0.1, 0.15) is 17.1 Å². The molecule has 2 nitrogen and oxygen atoms in total. The fourth-order valence-corrected chi connectivity index (χ4v) is 2.31. The lowest BCUT2D eigenvalue weighted by atomic mass is 10.1. The van der Waals surface area contributed by atoms with Crippen LogP contribution in [0.5, 0.6) is 5.75 Å². The van der Waals surface area contributed by atoms with Gasteiger partial charge in [-0.2, -0.15) is 0 Å². The highest BCUT2D eigenvalue weighted by molar-refractivity contribution is 5.82. The summed E-state index contributed by atoms with van der Waals surface area (Å²) in [5.41, 5.74) is 3.12. The smallest absolute Gasteiger partial charge is 0.135 e. The average molecular weight is 266 g/mol. The number of fused-ring (bicyclic) bond motifs is 1. The highest BCUT2D eigenvalue weighted by Gasteiger charge is 2.08. The van der Waals surface area contributed by atoms with Crippen LogP contribution in [0.15, 0.2) is 52.9 Å². The second-order valence-electron chi connectivity index (χ2n) is 5.30. The molecule has 2 aromatic carbocycles. The summed E-state index contributed by atoms with van der Waals surface area (Å²) in [4.78, 5) is 0. The molecule has 1 aromatic heterocycles. The number of furan rings is 1. The molecule has 0 unspecified atom stereocenters.